The van der Waals surface area contributed by atoms with Crippen LogP contribution in [0, 0.1) is 5.82 Å². The van der Waals surface area contributed by atoms with E-state index in [0.29, 0.717) is 5.69 Å². The second kappa shape index (κ2) is 7.92. The fourth-order valence-electron chi connectivity index (χ4n) is 3.45. The lowest BCUT2D eigenvalue weighted by atomic mass is 9.93. The topological polar surface area (TPSA) is 148 Å². The van der Waals surface area contributed by atoms with E-state index in [1.165, 1.54) is 38.5 Å². The van der Waals surface area contributed by atoms with E-state index in [0.717, 1.165) is 15.9 Å². The maximum Gasteiger partial charge on any atom is 0.275 e. The molecule has 0 fully saturated rings. The van der Waals surface area contributed by atoms with Gasteiger partial charge in [-0.1, -0.05) is 0 Å². The molecule has 1 aliphatic rings. The number of carbonyl (C=O) groups excluding carboxylic acids is 1. The number of hydrogen-bond acceptors (Lipinski definition) is 8. The van der Waals surface area contributed by atoms with Crippen LogP contribution in [-0.4, -0.2) is 57.1 Å². The highest BCUT2D eigenvalue weighted by molar-refractivity contribution is 7.89. The third-order valence-electron chi connectivity index (χ3n) is 5.25. The first-order valence-corrected chi connectivity index (χ1v) is 11.3. The molecule has 13 heteroatoms. The average Bonchev–Trinajstić information content (AvgIpc) is 3.19. The number of aryl methyl sites for hydroxylation is 1. The number of amides is 1. The molecule has 0 radical (unpaired) electrons. The zero-order valence-corrected chi connectivity index (χ0v) is 18.8. The van der Waals surface area contributed by atoms with Gasteiger partial charge in [0.2, 0.25) is 16.0 Å². The SMILES string of the molecule is CN1C(N)=N[C@](C)(c2cc(NC(=O)c3cnc(-c4cnn(C)c4)cn3)ccc2F)CS1(=O)=O. The molecule has 2 aromatic heterocycles. The van der Waals surface area contributed by atoms with E-state index < -0.39 is 33.0 Å². The molecule has 0 saturated carbocycles. The first-order valence-electron chi connectivity index (χ1n) is 9.73. The summed E-state index contributed by atoms with van der Waals surface area (Å²) in [6, 6.07) is 3.82. The van der Waals surface area contributed by atoms with Gasteiger partial charge in [0.15, 0.2) is 0 Å². The van der Waals surface area contributed by atoms with Gasteiger partial charge < -0.3 is 11.1 Å². The molecule has 3 N–H and O–H groups in total. The van der Waals surface area contributed by atoms with Gasteiger partial charge in [-0.05, 0) is 25.1 Å². The van der Waals surface area contributed by atoms with Gasteiger partial charge in [-0.3, -0.25) is 14.5 Å². The Bertz CT molecular complexity index is 1370. The van der Waals surface area contributed by atoms with Crippen LogP contribution >= 0.6 is 0 Å². The van der Waals surface area contributed by atoms with Crippen LogP contribution in [0.3, 0.4) is 0 Å². The number of halogens is 1. The highest BCUT2D eigenvalue weighted by Crippen LogP contribution is 2.34. The van der Waals surface area contributed by atoms with Crippen molar-refractivity contribution in [3.05, 3.63) is 60.1 Å². The lowest BCUT2D eigenvalue weighted by molar-refractivity contribution is 0.102. The van der Waals surface area contributed by atoms with Gasteiger partial charge in [-0.25, -0.2) is 27.1 Å². The van der Waals surface area contributed by atoms with E-state index in [2.05, 4.69) is 25.4 Å². The van der Waals surface area contributed by atoms with E-state index in [1.807, 2.05) is 0 Å². The summed E-state index contributed by atoms with van der Waals surface area (Å²) in [4.78, 5) is 25.2. The van der Waals surface area contributed by atoms with Crippen LogP contribution in [0.2, 0.25) is 0 Å². The van der Waals surface area contributed by atoms with Crippen LogP contribution in [0.25, 0.3) is 11.3 Å². The smallest absolute Gasteiger partial charge is 0.275 e. The highest BCUT2D eigenvalue weighted by atomic mass is 32.2. The lowest BCUT2D eigenvalue weighted by Crippen LogP contribution is -2.50. The van der Waals surface area contributed by atoms with Gasteiger partial charge in [-0.2, -0.15) is 5.10 Å². The Morgan fingerprint density at radius 1 is 1.21 bits per heavy atom. The summed E-state index contributed by atoms with van der Waals surface area (Å²) >= 11 is 0. The van der Waals surface area contributed by atoms with Crippen molar-refractivity contribution >= 4 is 27.6 Å². The molecule has 1 aliphatic heterocycles. The summed E-state index contributed by atoms with van der Waals surface area (Å²) in [5.41, 5.74) is 5.85. The van der Waals surface area contributed by atoms with Crippen LogP contribution in [0.5, 0.6) is 0 Å². The van der Waals surface area contributed by atoms with Crippen LogP contribution in [0.1, 0.15) is 23.0 Å². The zero-order chi connectivity index (χ0) is 24.0. The second-order valence-electron chi connectivity index (χ2n) is 7.81. The number of sulfonamides is 1. The first kappa shape index (κ1) is 22.3. The quantitative estimate of drug-likeness (QED) is 0.577. The lowest BCUT2D eigenvalue weighted by Gasteiger charge is -2.34. The van der Waals surface area contributed by atoms with E-state index in [9.17, 15) is 17.6 Å². The Balaban J connectivity index is 1.59. The molecule has 1 atom stereocenters. The van der Waals surface area contributed by atoms with Crippen LogP contribution in [0.4, 0.5) is 10.1 Å². The molecule has 4 rings (SSSR count). The maximum atomic E-state index is 14.7. The van der Waals surface area contributed by atoms with Crippen molar-refractivity contribution in [3.8, 4) is 11.3 Å². The molecular weight excluding hydrogens is 451 g/mol. The molecule has 172 valence electrons. The van der Waals surface area contributed by atoms with Crippen molar-refractivity contribution in [2.75, 3.05) is 18.1 Å². The van der Waals surface area contributed by atoms with E-state index >= 15 is 0 Å². The molecule has 33 heavy (non-hydrogen) atoms. The van der Waals surface area contributed by atoms with E-state index in [4.69, 9.17) is 5.73 Å². The Morgan fingerprint density at radius 3 is 2.58 bits per heavy atom. The second-order valence-corrected chi connectivity index (χ2v) is 9.81. The molecular formula is C20H21FN8O3S. The molecule has 0 spiro atoms. The van der Waals surface area contributed by atoms with Gasteiger partial charge in [0.25, 0.3) is 5.91 Å². The zero-order valence-electron chi connectivity index (χ0n) is 18.0. The minimum atomic E-state index is -3.79. The standard InChI is InChI=1S/C20H21FN8O3S/c1-20(11-33(31,32)29(3)19(22)27-20)14-6-13(4-5-15(14)21)26-18(30)17-9-23-16(8-24-17)12-7-25-28(2)10-12/h4-10H,11H2,1-3H3,(H2,22,27)(H,26,30)/t20-/m0/s1. The predicted molar refractivity (Wildman–Crippen MR) is 119 cm³/mol. The number of anilines is 1. The number of benzene rings is 1. The Morgan fingerprint density at radius 2 is 1.97 bits per heavy atom. The molecule has 0 aliphatic carbocycles. The molecule has 11 nitrogen and oxygen atoms in total. The van der Waals surface area contributed by atoms with Gasteiger partial charge in [0.1, 0.15) is 17.1 Å². The van der Waals surface area contributed by atoms with Gasteiger partial charge in [-0.15, -0.1) is 0 Å². The summed E-state index contributed by atoms with van der Waals surface area (Å²) in [6.07, 6.45) is 6.16. The molecule has 3 aromatic rings. The monoisotopic (exact) mass is 472 g/mol. The van der Waals surface area contributed by atoms with Crippen molar-refractivity contribution < 1.29 is 17.6 Å². The van der Waals surface area contributed by atoms with E-state index in [1.54, 1.807) is 24.1 Å². The van der Waals surface area contributed by atoms with Crippen LogP contribution < -0.4 is 11.1 Å². The number of aliphatic imine (C=N–C) groups is 1. The summed E-state index contributed by atoms with van der Waals surface area (Å²) in [7, 11) is -0.735. The number of nitrogens with one attached hydrogen (secondary N) is 1. The van der Waals surface area contributed by atoms with Gasteiger partial charge in [0, 0.05) is 37.1 Å². The molecule has 0 saturated heterocycles. The molecule has 1 aromatic carbocycles. The Kier molecular flexibility index (Phi) is 5.36. The van der Waals surface area contributed by atoms with Gasteiger partial charge in [0.05, 0.1) is 30.0 Å². The number of aromatic nitrogens is 4. The Hall–Kier alpha value is -3.87. The summed E-state index contributed by atoms with van der Waals surface area (Å²) in [5.74, 6) is -1.97. The molecule has 3 heterocycles. The minimum absolute atomic E-state index is 0.0158. The molecule has 1 amide bonds. The van der Waals surface area contributed by atoms with Crippen LogP contribution in [-0.2, 0) is 22.6 Å². The number of rotatable bonds is 4. The highest BCUT2D eigenvalue weighted by Gasteiger charge is 2.41. The third-order valence-corrected chi connectivity index (χ3v) is 7.20. The summed E-state index contributed by atoms with van der Waals surface area (Å²) in [6.45, 7) is 1.47. The first-order chi connectivity index (χ1) is 15.5. The van der Waals surface area contributed by atoms with Crippen molar-refractivity contribution in [3.63, 3.8) is 0 Å². The Labute approximate surface area is 189 Å². The number of guanidine groups is 1. The van der Waals surface area contributed by atoms with Crippen molar-refractivity contribution in [1.29, 1.82) is 0 Å². The van der Waals surface area contributed by atoms with Gasteiger partial charge >= 0.3 is 0 Å². The van der Waals surface area contributed by atoms with Crippen LogP contribution in [0.15, 0.2) is 48.0 Å². The average molecular weight is 473 g/mol. The van der Waals surface area contributed by atoms with Crippen molar-refractivity contribution in [2.24, 2.45) is 17.8 Å². The number of hydrogen-bond donors (Lipinski definition) is 2. The fourth-order valence-corrected chi connectivity index (χ4v) is 4.90. The number of nitrogens with two attached hydrogens (primary N) is 1. The number of carbonyl (C=O) groups is 1. The largest absolute Gasteiger partial charge is 0.369 e. The summed E-state index contributed by atoms with van der Waals surface area (Å²) in [5, 5.41) is 6.69. The maximum absolute atomic E-state index is 14.7. The van der Waals surface area contributed by atoms with Crippen molar-refractivity contribution in [2.45, 2.75) is 12.5 Å². The van der Waals surface area contributed by atoms with Crippen molar-refractivity contribution in [1.82, 2.24) is 24.1 Å². The minimum Gasteiger partial charge on any atom is -0.369 e. The summed E-state index contributed by atoms with van der Waals surface area (Å²) < 4.78 is 42.0. The fraction of sp³-hybridized carbons (Fsp3) is 0.250. The number of nitrogens with zero attached hydrogens (tertiary/aromatic N) is 6. The normalized spacial score (nSPS) is 19.8. The predicted octanol–water partition coefficient (Wildman–Crippen LogP) is 1.07. The van der Waals surface area contributed by atoms with E-state index in [-0.39, 0.29) is 22.9 Å². The molecule has 0 bridgehead atoms. The third kappa shape index (κ3) is 4.26. The molecule has 0 unspecified atom stereocenters.